The van der Waals surface area contributed by atoms with Crippen molar-refractivity contribution >= 4 is 5.69 Å². The van der Waals surface area contributed by atoms with Gasteiger partial charge in [-0.3, -0.25) is 0 Å². The predicted octanol–water partition coefficient (Wildman–Crippen LogP) is 2.21. The molecule has 1 aromatic carbocycles. The molecule has 0 aromatic heterocycles. The molecule has 0 heterocycles. The molecule has 1 N–H and O–H groups in total. The second-order valence-corrected chi connectivity index (χ2v) is 3.93. The number of likely N-dealkylation sites (N-methyl/N-ethyl adjacent to an activating group) is 1. The zero-order chi connectivity index (χ0) is 12.5. The van der Waals surface area contributed by atoms with Gasteiger partial charge in [-0.15, -0.1) is 0 Å². The molecule has 17 heavy (non-hydrogen) atoms. The lowest BCUT2D eigenvalue weighted by molar-refractivity contribution is 0.123. The molecule has 0 aliphatic rings. The maximum absolute atomic E-state index is 12.7. The fourth-order valence-corrected chi connectivity index (χ4v) is 1.44. The van der Waals surface area contributed by atoms with Gasteiger partial charge >= 0.3 is 0 Å². The molecule has 0 radical (unpaired) electrons. The Morgan fingerprint density at radius 2 is 1.94 bits per heavy atom. The largest absolute Gasteiger partial charge is 0.384 e. The van der Waals surface area contributed by atoms with Crippen molar-refractivity contribution in [3.8, 4) is 0 Å². The molecular formula is C13H21FN2O. The van der Waals surface area contributed by atoms with E-state index in [1.165, 1.54) is 12.1 Å². The molecule has 0 bridgehead atoms. The minimum atomic E-state index is -0.204. The summed E-state index contributed by atoms with van der Waals surface area (Å²) in [4.78, 5) is 2.20. The highest BCUT2D eigenvalue weighted by atomic mass is 19.1. The second kappa shape index (κ2) is 8.03. The molecule has 0 atom stereocenters. The summed E-state index contributed by atoms with van der Waals surface area (Å²) in [7, 11) is 2.06. The maximum Gasteiger partial charge on any atom is 0.123 e. The first-order valence-corrected chi connectivity index (χ1v) is 5.98. The van der Waals surface area contributed by atoms with Crippen molar-refractivity contribution in [3.05, 3.63) is 30.1 Å². The van der Waals surface area contributed by atoms with E-state index in [-0.39, 0.29) is 5.82 Å². The van der Waals surface area contributed by atoms with Crippen molar-refractivity contribution in [3.63, 3.8) is 0 Å². The first-order valence-electron chi connectivity index (χ1n) is 5.98. The molecule has 1 rings (SSSR count). The molecule has 0 fully saturated rings. The van der Waals surface area contributed by atoms with Crippen molar-refractivity contribution < 1.29 is 9.13 Å². The van der Waals surface area contributed by atoms with Crippen LogP contribution in [0.2, 0.25) is 0 Å². The molecule has 4 heteroatoms. The van der Waals surface area contributed by atoms with Crippen molar-refractivity contribution in [2.75, 3.05) is 45.2 Å². The summed E-state index contributed by atoms with van der Waals surface area (Å²) in [6.45, 7) is 6.24. The summed E-state index contributed by atoms with van der Waals surface area (Å²) in [6, 6.07) is 6.41. The molecule has 0 unspecified atom stereocenters. The maximum atomic E-state index is 12.7. The highest BCUT2D eigenvalue weighted by Gasteiger charge is 1.98. The van der Waals surface area contributed by atoms with Crippen LogP contribution < -0.4 is 5.32 Å². The highest BCUT2D eigenvalue weighted by molar-refractivity contribution is 5.42. The van der Waals surface area contributed by atoms with Gasteiger partial charge in [0, 0.05) is 31.9 Å². The Morgan fingerprint density at radius 1 is 1.24 bits per heavy atom. The number of benzene rings is 1. The molecule has 0 aliphatic carbocycles. The van der Waals surface area contributed by atoms with Crippen LogP contribution in [0.4, 0.5) is 10.1 Å². The van der Waals surface area contributed by atoms with Crippen LogP contribution in [0.1, 0.15) is 6.92 Å². The third-order valence-corrected chi connectivity index (χ3v) is 2.49. The Balaban J connectivity index is 2.12. The van der Waals surface area contributed by atoms with E-state index in [2.05, 4.69) is 17.3 Å². The Kier molecular flexibility index (Phi) is 6.58. The standard InChI is InChI=1S/C13H21FN2O/c1-3-17-11-10-16(2)9-8-15-13-6-4-12(14)5-7-13/h4-7,15H,3,8-11H2,1-2H3. The molecule has 0 aliphatic heterocycles. The molecule has 0 saturated heterocycles. The Morgan fingerprint density at radius 3 is 2.59 bits per heavy atom. The molecule has 0 amide bonds. The monoisotopic (exact) mass is 240 g/mol. The summed E-state index contributed by atoms with van der Waals surface area (Å²) < 4.78 is 17.9. The van der Waals surface area contributed by atoms with E-state index in [9.17, 15) is 4.39 Å². The Bertz CT molecular complexity index is 303. The van der Waals surface area contributed by atoms with Gasteiger partial charge in [0.1, 0.15) is 5.82 Å². The van der Waals surface area contributed by atoms with Crippen molar-refractivity contribution in [2.24, 2.45) is 0 Å². The number of ether oxygens (including phenoxy) is 1. The number of hydrogen-bond acceptors (Lipinski definition) is 3. The van der Waals surface area contributed by atoms with Crippen LogP contribution in [-0.2, 0) is 4.74 Å². The number of nitrogens with one attached hydrogen (secondary N) is 1. The summed E-state index contributed by atoms with van der Waals surface area (Å²) in [6.07, 6.45) is 0. The summed E-state index contributed by atoms with van der Waals surface area (Å²) in [5.41, 5.74) is 0.949. The number of nitrogens with zero attached hydrogens (tertiary/aromatic N) is 1. The van der Waals surface area contributed by atoms with Gasteiger partial charge in [0.15, 0.2) is 0 Å². The van der Waals surface area contributed by atoms with Crippen LogP contribution in [0.5, 0.6) is 0 Å². The van der Waals surface area contributed by atoms with E-state index in [0.29, 0.717) is 0 Å². The fraction of sp³-hybridized carbons (Fsp3) is 0.538. The van der Waals surface area contributed by atoms with Crippen molar-refractivity contribution in [2.45, 2.75) is 6.92 Å². The second-order valence-electron chi connectivity index (χ2n) is 3.93. The van der Waals surface area contributed by atoms with Gasteiger partial charge in [-0.05, 0) is 38.2 Å². The van der Waals surface area contributed by atoms with Crippen LogP contribution in [0.25, 0.3) is 0 Å². The van der Waals surface area contributed by atoms with E-state index in [1.54, 1.807) is 12.1 Å². The van der Waals surface area contributed by atoms with Crippen LogP contribution in [0.15, 0.2) is 24.3 Å². The highest BCUT2D eigenvalue weighted by Crippen LogP contribution is 2.07. The minimum Gasteiger partial charge on any atom is -0.384 e. The van der Waals surface area contributed by atoms with Crippen LogP contribution in [0, 0.1) is 5.82 Å². The Labute approximate surface area is 103 Å². The molecular weight excluding hydrogens is 219 g/mol. The number of halogens is 1. The van der Waals surface area contributed by atoms with Crippen LogP contribution in [-0.4, -0.2) is 44.8 Å². The van der Waals surface area contributed by atoms with E-state index in [1.807, 2.05) is 6.92 Å². The van der Waals surface area contributed by atoms with Gasteiger partial charge in [-0.2, -0.15) is 0 Å². The van der Waals surface area contributed by atoms with Gasteiger partial charge in [0.25, 0.3) is 0 Å². The number of rotatable bonds is 8. The molecule has 0 saturated carbocycles. The van der Waals surface area contributed by atoms with Gasteiger partial charge in [-0.1, -0.05) is 0 Å². The topological polar surface area (TPSA) is 24.5 Å². The number of anilines is 1. The normalized spacial score (nSPS) is 10.8. The molecule has 3 nitrogen and oxygen atoms in total. The van der Waals surface area contributed by atoms with Gasteiger partial charge < -0.3 is 15.0 Å². The lowest BCUT2D eigenvalue weighted by Gasteiger charge is -2.17. The van der Waals surface area contributed by atoms with Crippen molar-refractivity contribution in [1.82, 2.24) is 4.90 Å². The third kappa shape index (κ3) is 6.24. The summed E-state index contributed by atoms with van der Waals surface area (Å²) in [5, 5.41) is 3.24. The third-order valence-electron chi connectivity index (χ3n) is 2.49. The van der Waals surface area contributed by atoms with Gasteiger partial charge in [0.2, 0.25) is 0 Å². The van der Waals surface area contributed by atoms with Crippen molar-refractivity contribution in [1.29, 1.82) is 0 Å². The van der Waals surface area contributed by atoms with Gasteiger partial charge in [0.05, 0.1) is 6.61 Å². The SMILES string of the molecule is CCOCCN(C)CCNc1ccc(F)cc1. The summed E-state index contributed by atoms with van der Waals surface area (Å²) in [5.74, 6) is -0.204. The van der Waals surface area contributed by atoms with E-state index in [4.69, 9.17) is 4.74 Å². The first-order chi connectivity index (χ1) is 8.22. The minimum absolute atomic E-state index is 0.204. The van der Waals surface area contributed by atoms with Crippen LogP contribution in [0.3, 0.4) is 0 Å². The van der Waals surface area contributed by atoms with Gasteiger partial charge in [-0.25, -0.2) is 4.39 Å². The smallest absolute Gasteiger partial charge is 0.123 e. The summed E-state index contributed by atoms with van der Waals surface area (Å²) >= 11 is 0. The first kappa shape index (κ1) is 13.9. The molecule has 0 spiro atoms. The lowest BCUT2D eigenvalue weighted by Crippen LogP contribution is -2.28. The zero-order valence-corrected chi connectivity index (χ0v) is 10.6. The fourth-order valence-electron chi connectivity index (χ4n) is 1.44. The average molecular weight is 240 g/mol. The lowest BCUT2D eigenvalue weighted by atomic mass is 10.3. The molecule has 96 valence electrons. The quantitative estimate of drug-likeness (QED) is 0.705. The Hall–Kier alpha value is -1.13. The van der Waals surface area contributed by atoms with Crippen LogP contribution >= 0.6 is 0 Å². The molecule has 1 aromatic rings. The van der Waals surface area contributed by atoms with E-state index < -0.39 is 0 Å². The number of hydrogen-bond donors (Lipinski definition) is 1. The van der Waals surface area contributed by atoms with E-state index >= 15 is 0 Å². The zero-order valence-electron chi connectivity index (χ0n) is 10.6. The predicted molar refractivity (Wildman–Crippen MR) is 68.9 cm³/mol. The van der Waals surface area contributed by atoms with E-state index in [0.717, 1.165) is 38.5 Å². The average Bonchev–Trinajstić information content (AvgIpc) is 2.32.